The Kier molecular flexibility index (Phi) is 4.97. The van der Waals surface area contributed by atoms with Gasteiger partial charge in [-0.1, -0.05) is 23.2 Å². The number of anilines is 1. The zero-order chi connectivity index (χ0) is 17.1. The lowest BCUT2D eigenvalue weighted by Crippen LogP contribution is -2.18. The molecule has 0 radical (unpaired) electrons. The molecule has 0 aliphatic rings. The van der Waals surface area contributed by atoms with Crippen molar-refractivity contribution in [3.63, 3.8) is 0 Å². The van der Waals surface area contributed by atoms with Crippen molar-refractivity contribution < 1.29 is 9.53 Å². The van der Waals surface area contributed by atoms with Gasteiger partial charge in [-0.05, 0) is 49.4 Å². The Morgan fingerprint density at radius 3 is 2.79 bits per heavy atom. The summed E-state index contributed by atoms with van der Waals surface area (Å²) in [6, 6.07) is 12.7. The fraction of sp³-hybridized carbons (Fsp3) is 0.167. The van der Waals surface area contributed by atoms with Gasteiger partial charge in [0.2, 0.25) is 5.91 Å². The van der Waals surface area contributed by atoms with Gasteiger partial charge in [0.1, 0.15) is 12.3 Å². The SMILES string of the molecule is CCOc1ccc2c(ccn2CC(=O)Nc2cc(Cl)ccc2Cl)c1. The van der Waals surface area contributed by atoms with Gasteiger partial charge in [-0.3, -0.25) is 4.79 Å². The summed E-state index contributed by atoms with van der Waals surface area (Å²) < 4.78 is 7.37. The summed E-state index contributed by atoms with van der Waals surface area (Å²) in [5.74, 6) is 0.642. The third kappa shape index (κ3) is 3.66. The lowest BCUT2D eigenvalue weighted by atomic mass is 10.2. The van der Waals surface area contributed by atoms with Crippen molar-refractivity contribution in [2.24, 2.45) is 0 Å². The quantitative estimate of drug-likeness (QED) is 0.694. The van der Waals surface area contributed by atoms with Crippen LogP contribution in [0.1, 0.15) is 6.92 Å². The van der Waals surface area contributed by atoms with Gasteiger partial charge in [-0.15, -0.1) is 0 Å². The maximum Gasteiger partial charge on any atom is 0.244 e. The zero-order valence-corrected chi connectivity index (χ0v) is 14.6. The summed E-state index contributed by atoms with van der Waals surface area (Å²) in [4.78, 5) is 12.3. The molecular formula is C18H16Cl2N2O2. The number of benzene rings is 2. The zero-order valence-electron chi connectivity index (χ0n) is 13.1. The van der Waals surface area contributed by atoms with Crippen LogP contribution >= 0.6 is 23.2 Å². The molecule has 0 unspecified atom stereocenters. The Labute approximate surface area is 149 Å². The van der Waals surface area contributed by atoms with Gasteiger partial charge in [0.25, 0.3) is 0 Å². The highest BCUT2D eigenvalue weighted by Crippen LogP contribution is 2.26. The van der Waals surface area contributed by atoms with Crippen LogP contribution in [0.25, 0.3) is 10.9 Å². The average molecular weight is 363 g/mol. The summed E-state index contributed by atoms with van der Waals surface area (Å²) in [6.07, 6.45) is 1.87. The molecule has 3 aromatic rings. The number of nitrogens with zero attached hydrogens (tertiary/aromatic N) is 1. The van der Waals surface area contributed by atoms with Crippen molar-refractivity contribution in [3.05, 3.63) is 58.7 Å². The molecule has 0 saturated carbocycles. The van der Waals surface area contributed by atoms with E-state index in [4.69, 9.17) is 27.9 Å². The number of nitrogens with one attached hydrogen (secondary N) is 1. The Hall–Kier alpha value is -2.17. The highest BCUT2D eigenvalue weighted by atomic mass is 35.5. The Morgan fingerprint density at radius 1 is 1.17 bits per heavy atom. The Bertz CT molecular complexity index is 890. The highest BCUT2D eigenvalue weighted by molar-refractivity contribution is 6.35. The van der Waals surface area contributed by atoms with Crippen LogP contribution in [-0.2, 0) is 11.3 Å². The summed E-state index contributed by atoms with van der Waals surface area (Å²) >= 11 is 12.0. The van der Waals surface area contributed by atoms with E-state index < -0.39 is 0 Å². The number of carbonyl (C=O) groups is 1. The van der Waals surface area contributed by atoms with Crippen molar-refractivity contribution in [1.82, 2.24) is 4.57 Å². The predicted octanol–water partition coefficient (Wildman–Crippen LogP) is 4.99. The second-order valence-electron chi connectivity index (χ2n) is 5.27. The molecule has 0 aliphatic carbocycles. The van der Waals surface area contributed by atoms with E-state index in [1.165, 1.54) is 0 Å². The van der Waals surface area contributed by atoms with E-state index in [1.54, 1.807) is 18.2 Å². The van der Waals surface area contributed by atoms with Gasteiger partial charge in [0, 0.05) is 22.1 Å². The van der Waals surface area contributed by atoms with Gasteiger partial charge in [-0.2, -0.15) is 0 Å². The minimum Gasteiger partial charge on any atom is -0.494 e. The van der Waals surface area contributed by atoms with E-state index in [1.807, 2.05) is 42.0 Å². The lowest BCUT2D eigenvalue weighted by Gasteiger charge is -2.10. The van der Waals surface area contributed by atoms with E-state index in [-0.39, 0.29) is 12.5 Å². The predicted molar refractivity (Wildman–Crippen MR) is 98.2 cm³/mol. The number of amides is 1. The molecule has 0 aliphatic heterocycles. The molecule has 1 N–H and O–H groups in total. The van der Waals surface area contributed by atoms with Crippen LogP contribution < -0.4 is 10.1 Å². The number of carbonyl (C=O) groups excluding carboxylic acids is 1. The monoisotopic (exact) mass is 362 g/mol. The van der Waals surface area contributed by atoms with Crippen LogP contribution in [0.2, 0.25) is 10.0 Å². The van der Waals surface area contributed by atoms with Crippen LogP contribution in [0.3, 0.4) is 0 Å². The first kappa shape index (κ1) is 16.7. The third-order valence-corrected chi connectivity index (χ3v) is 4.13. The van der Waals surface area contributed by atoms with Crippen LogP contribution in [0.15, 0.2) is 48.7 Å². The smallest absolute Gasteiger partial charge is 0.244 e. The number of hydrogen-bond acceptors (Lipinski definition) is 2. The molecule has 0 spiro atoms. The van der Waals surface area contributed by atoms with E-state index in [0.29, 0.717) is 22.3 Å². The first-order chi connectivity index (χ1) is 11.6. The minimum absolute atomic E-state index is 0.175. The summed E-state index contributed by atoms with van der Waals surface area (Å²) in [5.41, 5.74) is 1.47. The maximum atomic E-state index is 12.3. The molecule has 124 valence electrons. The van der Waals surface area contributed by atoms with Gasteiger partial charge < -0.3 is 14.6 Å². The first-order valence-electron chi connectivity index (χ1n) is 7.53. The number of fused-ring (bicyclic) bond motifs is 1. The van der Waals surface area contributed by atoms with Crippen LogP contribution in [0.5, 0.6) is 5.75 Å². The molecule has 24 heavy (non-hydrogen) atoms. The van der Waals surface area contributed by atoms with E-state index in [2.05, 4.69) is 5.32 Å². The van der Waals surface area contributed by atoms with E-state index in [9.17, 15) is 4.79 Å². The minimum atomic E-state index is -0.175. The summed E-state index contributed by atoms with van der Waals surface area (Å²) in [7, 11) is 0. The van der Waals surface area contributed by atoms with Gasteiger partial charge >= 0.3 is 0 Å². The molecule has 1 heterocycles. The molecule has 2 aromatic carbocycles. The highest BCUT2D eigenvalue weighted by Gasteiger charge is 2.10. The first-order valence-corrected chi connectivity index (χ1v) is 8.29. The molecule has 0 fully saturated rings. The maximum absolute atomic E-state index is 12.3. The van der Waals surface area contributed by atoms with Crippen molar-refractivity contribution in [1.29, 1.82) is 0 Å². The molecule has 0 bridgehead atoms. The molecule has 3 rings (SSSR count). The van der Waals surface area contributed by atoms with Crippen LogP contribution in [0.4, 0.5) is 5.69 Å². The normalized spacial score (nSPS) is 10.8. The van der Waals surface area contributed by atoms with Crippen LogP contribution in [0, 0.1) is 0 Å². The number of ether oxygens (including phenoxy) is 1. The number of hydrogen-bond donors (Lipinski definition) is 1. The summed E-state index contributed by atoms with van der Waals surface area (Å²) in [5, 5.41) is 4.78. The second-order valence-corrected chi connectivity index (χ2v) is 6.11. The van der Waals surface area contributed by atoms with Crippen molar-refractivity contribution in [3.8, 4) is 5.75 Å². The molecule has 4 nitrogen and oxygen atoms in total. The second kappa shape index (κ2) is 7.16. The molecule has 1 aromatic heterocycles. The molecule has 1 amide bonds. The number of halogens is 2. The van der Waals surface area contributed by atoms with Gasteiger partial charge in [-0.25, -0.2) is 0 Å². The van der Waals surface area contributed by atoms with Gasteiger partial charge in [0.15, 0.2) is 0 Å². The molecule has 0 saturated heterocycles. The Morgan fingerprint density at radius 2 is 2.00 bits per heavy atom. The molecular weight excluding hydrogens is 347 g/mol. The molecule has 6 heteroatoms. The Balaban J connectivity index is 1.77. The fourth-order valence-electron chi connectivity index (χ4n) is 2.51. The number of aromatic nitrogens is 1. The topological polar surface area (TPSA) is 43.3 Å². The van der Waals surface area contributed by atoms with E-state index >= 15 is 0 Å². The third-order valence-electron chi connectivity index (χ3n) is 3.57. The van der Waals surface area contributed by atoms with Gasteiger partial charge in [0.05, 0.1) is 17.3 Å². The van der Waals surface area contributed by atoms with E-state index in [0.717, 1.165) is 16.7 Å². The fourth-order valence-corrected chi connectivity index (χ4v) is 2.85. The van der Waals surface area contributed by atoms with Crippen molar-refractivity contribution in [2.75, 3.05) is 11.9 Å². The average Bonchev–Trinajstić information content (AvgIpc) is 2.93. The standard InChI is InChI=1S/C18H16Cl2N2O2/c1-2-24-14-4-6-17-12(9-14)7-8-22(17)11-18(23)21-16-10-13(19)3-5-15(16)20/h3-10H,2,11H2,1H3,(H,21,23). The summed E-state index contributed by atoms with van der Waals surface area (Å²) in [6.45, 7) is 2.75. The number of rotatable bonds is 5. The van der Waals surface area contributed by atoms with Crippen molar-refractivity contribution >= 4 is 45.7 Å². The molecule has 0 atom stereocenters. The largest absolute Gasteiger partial charge is 0.494 e. The van der Waals surface area contributed by atoms with Crippen LogP contribution in [-0.4, -0.2) is 17.1 Å². The lowest BCUT2D eigenvalue weighted by molar-refractivity contribution is -0.116. The van der Waals surface area contributed by atoms with Crippen molar-refractivity contribution in [2.45, 2.75) is 13.5 Å².